The van der Waals surface area contributed by atoms with Crippen molar-refractivity contribution < 1.29 is 16.8 Å². The van der Waals surface area contributed by atoms with Crippen molar-refractivity contribution in [1.82, 2.24) is 10.0 Å². The fourth-order valence-corrected chi connectivity index (χ4v) is 3.77. The van der Waals surface area contributed by atoms with Gasteiger partial charge in [-0.15, -0.1) is 0 Å². The third-order valence-electron chi connectivity index (χ3n) is 2.61. The van der Waals surface area contributed by atoms with E-state index >= 15 is 0 Å². The van der Waals surface area contributed by atoms with Crippen molar-refractivity contribution in [2.45, 2.75) is 18.6 Å². The van der Waals surface area contributed by atoms with Crippen molar-refractivity contribution in [2.24, 2.45) is 0 Å². The Balaban J connectivity index is 2.43. The molecular weight excluding hydrogens is 252 g/mol. The van der Waals surface area contributed by atoms with Crippen LogP contribution in [0.1, 0.15) is 13.3 Å². The van der Waals surface area contributed by atoms with Crippen molar-refractivity contribution in [1.29, 1.82) is 0 Å². The minimum absolute atomic E-state index is 0.0165. The number of nitrogens with one attached hydrogen (secondary N) is 2. The summed E-state index contributed by atoms with van der Waals surface area (Å²) in [5.41, 5.74) is 0. The Morgan fingerprint density at radius 2 is 2.12 bits per heavy atom. The maximum atomic E-state index is 11.6. The van der Waals surface area contributed by atoms with Gasteiger partial charge in [-0.3, -0.25) is 0 Å². The number of hydrogen-bond acceptors (Lipinski definition) is 5. The molecule has 2 N–H and O–H groups in total. The van der Waals surface area contributed by atoms with Crippen LogP contribution < -0.4 is 10.0 Å². The lowest BCUT2D eigenvalue weighted by molar-refractivity contribution is 0.528. The molecule has 1 rings (SSSR count). The average Bonchev–Trinajstić information content (AvgIpc) is 2.20. The molecule has 1 saturated heterocycles. The fraction of sp³-hybridized carbons (Fsp3) is 1.00. The van der Waals surface area contributed by atoms with Gasteiger partial charge in [0.1, 0.15) is 0 Å². The van der Waals surface area contributed by atoms with E-state index in [4.69, 9.17) is 0 Å². The van der Waals surface area contributed by atoms with Crippen LogP contribution >= 0.6 is 0 Å². The molecular formula is C8H18N2O4S2. The quantitative estimate of drug-likeness (QED) is 0.648. The summed E-state index contributed by atoms with van der Waals surface area (Å²) in [5.74, 6) is 0.154. The molecule has 0 aliphatic carbocycles. The van der Waals surface area contributed by atoms with Gasteiger partial charge in [-0.05, 0) is 13.3 Å². The highest BCUT2D eigenvalue weighted by Crippen LogP contribution is 2.09. The Hall–Kier alpha value is -0.180. The minimum atomic E-state index is -3.22. The van der Waals surface area contributed by atoms with Gasteiger partial charge in [-0.2, -0.15) is 0 Å². The van der Waals surface area contributed by atoms with Gasteiger partial charge in [-0.1, -0.05) is 0 Å². The van der Waals surface area contributed by atoms with Crippen molar-refractivity contribution in [2.75, 3.05) is 31.1 Å². The monoisotopic (exact) mass is 270 g/mol. The van der Waals surface area contributed by atoms with Crippen LogP contribution in [0.15, 0.2) is 0 Å². The Kier molecular flexibility index (Phi) is 4.72. The molecule has 0 aromatic rings. The van der Waals surface area contributed by atoms with Gasteiger partial charge in [0, 0.05) is 19.6 Å². The standard InChI is InChI=1S/C8H18N2O4S2/c1-2-16(13,14)10-4-3-8-7-9-5-6-15(8,11)12/h8-10H,2-7H2,1H3. The van der Waals surface area contributed by atoms with Gasteiger partial charge >= 0.3 is 0 Å². The summed E-state index contributed by atoms with van der Waals surface area (Å²) in [6.45, 7) is 2.62. The van der Waals surface area contributed by atoms with Crippen LogP contribution in [-0.2, 0) is 19.9 Å². The number of rotatable bonds is 5. The molecule has 1 aliphatic heterocycles. The molecule has 1 aliphatic rings. The van der Waals surface area contributed by atoms with Crippen LogP contribution in [0.4, 0.5) is 0 Å². The van der Waals surface area contributed by atoms with Crippen LogP contribution in [0.2, 0.25) is 0 Å². The third-order valence-corrected chi connectivity index (χ3v) is 6.21. The van der Waals surface area contributed by atoms with Gasteiger partial charge in [0.15, 0.2) is 9.84 Å². The van der Waals surface area contributed by atoms with Gasteiger partial charge in [0.05, 0.1) is 16.8 Å². The second kappa shape index (κ2) is 5.44. The summed E-state index contributed by atoms with van der Waals surface area (Å²) in [7, 11) is -6.27. The lowest BCUT2D eigenvalue weighted by atomic mass is 10.3. The fourth-order valence-electron chi connectivity index (χ4n) is 1.53. The van der Waals surface area contributed by atoms with E-state index in [0.717, 1.165) is 0 Å². The molecule has 1 unspecified atom stereocenters. The molecule has 96 valence electrons. The predicted molar refractivity (Wildman–Crippen MR) is 62.5 cm³/mol. The number of sulfonamides is 1. The molecule has 0 radical (unpaired) electrons. The van der Waals surface area contributed by atoms with E-state index in [2.05, 4.69) is 10.0 Å². The van der Waals surface area contributed by atoms with E-state index in [1.54, 1.807) is 6.92 Å². The van der Waals surface area contributed by atoms with Gasteiger partial charge in [0.2, 0.25) is 10.0 Å². The first kappa shape index (κ1) is 13.9. The molecule has 0 bridgehead atoms. The topological polar surface area (TPSA) is 92.3 Å². The van der Waals surface area contributed by atoms with Gasteiger partial charge < -0.3 is 5.32 Å². The summed E-state index contributed by atoms with van der Waals surface area (Å²) >= 11 is 0. The minimum Gasteiger partial charge on any atom is -0.314 e. The molecule has 16 heavy (non-hydrogen) atoms. The van der Waals surface area contributed by atoms with Crippen molar-refractivity contribution in [3.8, 4) is 0 Å². The van der Waals surface area contributed by atoms with Crippen molar-refractivity contribution in [3.63, 3.8) is 0 Å². The summed E-state index contributed by atoms with van der Waals surface area (Å²) in [4.78, 5) is 0. The van der Waals surface area contributed by atoms with E-state index in [1.165, 1.54) is 0 Å². The van der Waals surface area contributed by atoms with E-state index in [9.17, 15) is 16.8 Å². The zero-order chi connectivity index (χ0) is 12.2. The SMILES string of the molecule is CCS(=O)(=O)NCCC1CNCCS1(=O)=O. The maximum Gasteiger partial charge on any atom is 0.211 e. The molecule has 0 saturated carbocycles. The molecule has 0 spiro atoms. The Morgan fingerprint density at radius 1 is 1.44 bits per heavy atom. The zero-order valence-electron chi connectivity index (χ0n) is 9.27. The second-order valence-corrected chi connectivity index (χ2v) is 8.28. The highest BCUT2D eigenvalue weighted by atomic mass is 32.2. The van der Waals surface area contributed by atoms with Crippen molar-refractivity contribution >= 4 is 19.9 Å². The van der Waals surface area contributed by atoms with Crippen LogP contribution in [-0.4, -0.2) is 53.2 Å². The summed E-state index contributed by atoms with van der Waals surface area (Å²) in [5, 5.41) is 2.52. The van der Waals surface area contributed by atoms with Crippen LogP contribution in [0.25, 0.3) is 0 Å². The molecule has 6 nitrogen and oxygen atoms in total. The van der Waals surface area contributed by atoms with Crippen LogP contribution in [0.5, 0.6) is 0 Å². The second-order valence-electron chi connectivity index (χ2n) is 3.78. The Bertz CT molecular complexity index is 415. The van der Waals surface area contributed by atoms with Crippen molar-refractivity contribution in [3.05, 3.63) is 0 Å². The zero-order valence-corrected chi connectivity index (χ0v) is 10.9. The van der Waals surface area contributed by atoms with E-state index in [-0.39, 0.29) is 18.1 Å². The number of sulfone groups is 1. The smallest absolute Gasteiger partial charge is 0.211 e. The highest BCUT2D eigenvalue weighted by Gasteiger charge is 2.28. The molecule has 1 heterocycles. The van der Waals surface area contributed by atoms with Crippen LogP contribution in [0.3, 0.4) is 0 Å². The van der Waals surface area contributed by atoms with Gasteiger partial charge in [-0.25, -0.2) is 21.6 Å². The molecule has 1 fully saturated rings. The lowest BCUT2D eigenvalue weighted by Crippen LogP contribution is -2.45. The first-order valence-electron chi connectivity index (χ1n) is 5.27. The molecule has 0 aromatic heterocycles. The van der Waals surface area contributed by atoms with Gasteiger partial charge in [0.25, 0.3) is 0 Å². The largest absolute Gasteiger partial charge is 0.314 e. The molecule has 0 aromatic carbocycles. The first-order valence-corrected chi connectivity index (χ1v) is 8.64. The van der Waals surface area contributed by atoms with E-state index in [0.29, 0.717) is 19.5 Å². The first-order chi connectivity index (χ1) is 7.37. The molecule has 8 heteroatoms. The van der Waals surface area contributed by atoms with E-state index in [1.807, 2.05) is 0 Å². The number of hydrogen-bond donors (Lipinski definition) is 2. The Morgan fingerprint density at radius 3 is 2.69 bits per heavy atom. The predicted octanol–water partition coefficient (Wildman–Crippen LogP) is -1.30. The third kappa shape index (κ3) is 4.00. The normalized spacial score (nSPS) is 25.4. The highest BCUT2D eigenvalue weighted by molar-refractivity contribution is 7.92. The maximum absolute atomic E-state index is 11.6. The summed E-state index contributed by atoms with van der Waals surface area (Å²) in [6.07, 6.45) is 0.328. The molecule has 0 amide bonds. The lowest BCUT2D eigenvalue weighted by Gasteiger charge is -2.23. The van der Waals surface area contributed by atoms with E-state index < -0.39 is 25.1 Å². The van der Waals surface area contributed by atoms with Crippen LogP contribution in [0, 0.1) is 0 Å². The average molecular weight is 270 g/mol. The summed E-state index contributed by atoms with van der Waals surface area (Å²) < 4.78 is 47.8. The Labute approximate surface area is 96.8 Å². The molecule has 1 atom stereocenters. The summed E-state index contributed by atoms with van der Waals surface area (Å²) in [6, 6.07) is 0.